The lowest BCUT2D eigenvalue weighted by molar-refractivity contribution is -0.117. The van der Waals surface area contributed by atoms with E-state index in [9.17, 15) is 9.59 Å². The van der Waals surface area contributed by atoms with Crippen LogP contribution in [0.2, 0.25) is 10.0 Å². The summed E-state index contributed by atoms with van der Waals surface area (Å²) in [7, 11) is 0. The van der Waals surface area contributed by atoms with E-state index in [1.807, 2.05) is 0 Å². The Balaban J connectivity index is 1.56. The highest BCUT2D eigenvalue weighted by atomic mass is 35.5. The third kappa shape index (κ3) is 5.71. The predicted octanol–water partition coefficient (Wildman–Crippen LogP) is 4.64. The normalized spacial score (nSPS) is 12.6. The molecular formula is C24H17Cl2N3O4. The smallest absolute Gasteiger partial charge is 0.287 e. The number of hydrazone groups is 1. The molecule has 33 heavy (non-hydrogen) atoms. The van der Waals surface area contributed by atoms with E-state index in [1.54, 1.807) is 66.7 Å². The lowest BCUT2D eigenvalue weighted by Gasteiger charge is -2.09. The fourth-order valence-electron chi connectivity index (χ4n) is 2.94. The highest BCUT2D eigenvalue weighted by molar-refractivity contribution is 6.36. The molecule has 1 aliphatic heterocycles. The van der Waals surface area contributed by atoms with Crippen LogP contribution in [0.5, 0.6) is 11.5 Å². The van der Waals surface area contributed by atoms with Crippen LogP contribution in [0.15, 0.2) is 77.5 Å². The quantitative estimate of drug-likeness (QED) is 0.304. The molecule has 1 heterocycles. The van der Waals surface area contributed by atoms with E-state index < -0.39 is 11.8 Å². The van der Waals surface area contributed by atoms with E-state index in [2.05, 4.69) is 15.8 Å². The van der Waals surface area contributed by atoms with Crippen molar-refractivity contribution >= 4 is 47.3 Å². The van der Waals surface area contributed by atoms with Gasteiger partial charge in [0.15, 0.2) is 11.5 Å². The Hall–Kier alpha value is -3.81. The van der Waals surface area contributed by atoms with Gasteiger partial charge < -0.3 is 14.8 Å². The molecule has 4 rings (SSSR count). The Morgan fingerprint density at radius 2 is 1.73 bits per heavy atom. The number of rotatable bonds is 6. The maximum Gasteiger partial charge on any atom is 0.287 e. The van der Waals surface area contributed by atoms with Gasteiger partial charge in [0.2, 0.25) is 6.79 Å². The molecule has 0 saturated carbocycles. The summed E-state index contributed by atoms with van der Waals surface area (Å²) in [6.07, 6.45) is 2.90. The first-order valence-corrected chi connectivity index (χ1v) is 10.5. The Labute approximate surface area is 199 Å². The number of hydrogen-bond donors (Lipinski definition) is 2. The first-order chi connectivity index (χ1) is 16.0. The largest absolute Gasteiger partial charge is 0.454 e. The second-order valence-corrected chi connectivity index (χ2v) is 7.70. The summed E-state index contributed by atoms with van der Waals surface area (Å²) >= 11 is 12.0. The minimum atomic E-state index is -0.627. The average Bonchev–Trinajstić information content (AvgIpc) is 3.28. The monoisotopic (exact) mass is 481 g/mol. The van der Waals surface area contributed by atoms with Crippen molar-refractivity contribution in [1.82, 2.24) is 10.7 Å². The van der Waals surface area contributed by atoms with Crippen molar-refractivity contribution in [3.05, 3.63) is 99.2 Å². The molecule has 0 atom stereocenters. The molecule has 0 aliphatic carbocycles. The summed E-state index contributed by atoms with van der Waals surface area (Å²) in [6, 6.07) is 18.6. The van der Waals surface area contributed by atoms with Gasteiger partial charge in [0.1, 0.15) is 5.70 Å². The number of nitrogens with zero attached hydrogens (tertiary/aromatic N) is 1. The molecule has 1 aliphatic rings. The molecule has 3 aromatic rings. The summed E-state index contributed by atoms with van der Waals surface area (Å²) in [5.74, 6) is 0.0879. The lowest BCUT2D eigenvalue weighted by Crippen LogP contribution is -2.32. The minimum Gasteiger partial charge on any atom is -0.454 e. The highest BCUT2D eigenvalue weighted by Crippen LogP contribution is 2.33. The number of carbonyl (C=O) groups excluding carboxylic acids is 2. The summed E-state index contributed by atoms with van der Waals surface area (Å²) in [5.41, 5.74) is 3.98. The minimum absolute atomic E-state index is 0.0120. The van der Waals surface area contributed by atoms with Crippen LogP contribution in [0.25, 0.3) is 6.08 Å². The molecule has 0 spiro atoms. The van der Waals surface area contributed by atoms with E-state index in [-0.39, 0.29) is 12.5 Å². The van der Waals surface area contributed by atoms with E-state index in [0.29, 0.717) is 38.2 Å². The third-order valence-electron chi connectivity index (χ3n) is 4.57. The van der Waals surface area contributed by atoms with E-state index in [4.69, 9.17) is 32.7 Å². The van der Waals surface area contributed by atoms with E-state index in [1.165, 1.54) is 12.3 Å². The zero-order chi connectivity index (χ0) is 23.2. The first kappa shape index (κ1) is 22.4. The molecule has 9 heteroatoms. The molecule has 0 bridgehead atoms. The molecule has 0 fully saturated rings. The van der Waals surface area contributed by atoms with Gasteiger partial charge >= 0.3 is 0 Å². The number of fused-ring (bicyclic) bond motifs is 1. The number of halogens is 2. The summed E-state index contributed by atoms with van der Waals surface area (Å²) in [5, 5.41) is 7.45. The molecule has 3 aromatic carbocycles. The summed E-state index contributed by atoms with van der Waals surface area (Å²) in [6.45, 7) is 0.128. The number of nitrogens with one attached hydrogen (secondary N) is 2. The van der Waals surface area contributed by atoms with Crippen molar-refractivity contribution in [3.63, 3.8) is 0 Å². The SMILES string of the molecule is O=C(N/N=C/c1ccc(Cl)cc1Cl)/C(=C\c1ccc2c(c1)OCO2)NC(=O)c1ccccc1. The summed E-state index contributed by atoms with van der Waals surface area (Å²) in [4.78, 5) is 25.5. The molecule has 2 amide bonds. The van der Waals surface area contributed by atoms with Crippen LogP contribution in [0.1, 0.15) is 21.5 Å². The van der Waals surface area contributed by atoms with E-state index in [0.717, 1.165) is 0 Å². The van der Waals surface area contributed by atoms with E-state index >= 15 is 0 Å². The van der Waals surface area contributed by atoms with Crippen molar-refractivity contribution < 1.29 is 19.1 Å². The van der Waals surface area contributed by atoms with Gasteiger partial charge in [-0.15, -0.1) is 0 Å². The Morgan fingerprint density at radius 3 is 2.52 bits per heavy atom. The fraction of sp³-hybridized carbons (Fsp3) is 0.0417. The number of hydrogen-bond acceptors (Lipinski definition) is 5. The molecule has 7 nitrogen and oxygen atoms in total. The predicted molar refractivity (Wildman–Crippen MR) is 127 cm³/mol. The van der Waals surface area contributed by atoms with Gasteiger partial charge in [0.25, 0.3) is 11.8 Å². The number of ether oxygens (including phenoxy) is 2. The van der Waals surface area contributed by atoms with Crippen molar-refractivity contribution in [1.29, 1.82) is 0 Å². The van der Waals surface area contributed by atoms with Crippen LogP contribution < -0.4 is 20.2 Å². The van der Waals surface area contributed by atoms with Crippen LogP contribution >= 0.6 is 23.2 Å². The van der Waals surface area contributed by atoms with Crippen LogP contribution in [-0.4, -0.2) is 24.8 Å². The van der Waals surface area contributed by atoms with Crippen LogP contribution in [0, 0.1) is 0 Å². The van der Waals surface area contributed by atoms with Crippen molar-refractivity contribution in [3.8, 4) is 11.5 Å². The molecular weight excluding hydrogens is 465 g/mol. The Morgan fingerprint density at radius 1 is 0.939 bits per heavy atom. The molecule has 0 aromatic heterocycles. The summed E-state index contributed by atoms with van der Waals surface area (Å²) < 4.78 is 10.7. The second kappa shape index (κ2) is 10.2. The molecule has 2 N–H and O–H groups in total. The topological polar surface area (TPSA) is 89.0 Å². The van der Waals surface area contributed by atoms with Gasteiger partial charge in [-0.1, -0.05) is 53.5 Å². The van der Waals surface area contributed by atoms with Crippen molar-refractivity contribution in [2.45, 2.75) is 0 Å². The Bertz CT molecular complexity index is 1260. The number of carbonyl (C=O) groups is 2. The average molecular weight is 482 g/mol. The molecule has 166 valence electrons. The highest BCUT2D eigenvalue weighted by Gasteiger charge is 2.17. The van der Waals surface area contributed by atoms with Gasteiger partial charge in [-0.2, -0.15) is 5.10 Å². The number of benzene rings is 3. The zero-order valence-electron chi connectivity index (χ0n) is 17.0. The maximum atomic E-state index is 12.9. The zero-order valence-corrected chi connectivity index (χ0v) is 18.6. The van der Waals surface area contributed by atoms with Crippen molar-refractivity contribution in [2.75, 3.05) is 6.79 Å². The third-order valence-corrected chi connectivity index (χ3v) is 5.13. The van der Waals surface area contributed by atoms with Crippen LogP contribution in [0.4, 0.5) is 0 Å². The molecule has 0 unspecified atom stereocenters. The van der Waals surface area contributed by atoms with Gasteiger partial charge in [-0.25, -0.2) is 5.43 Å². The standard InChI is InChI=1S/C24H17Cl2N3O4/c25-18-8-7-17(19(26)12-18)13-27-29-24(31)20(28-23(30)16-4-2-1-3-5-16)10-15-6-9-21-22(11-15)33-14-32-21/h1-13H,14H2,(H,28,30)(H,29,31)/b20-10+,27-13+. The van der Waals surface area contributed by atoms with Crippen molar-refractivity contribution in [2.24, 2.45) is 5.10 Å². The lowest BCUT2D eigenvalue weighted by atomic mass is 10.1. The van der Waals surface area contributed by atoms with Gasteiger partial charge in [0.05, 0.1) is 11.2 Å². The Kier molecular flexibility index (Phi) is 6.92. The van der Waals surface area contributed by atoms with Crippen LogP contribution in [0.3, 0.4) is 0 Å². The molecule has 0 saturated heterocycles. The first-order valence-electron chi connectivity index (χ1n) is 9.76. The number of amides is 2. The van der Waals surface area contributed by atoms with Gasteiger partial charge in [-0.05, 0) is 48.0 Å². The second-order valence-electron chi connectivity index (χ2n) is 6.86. The maximum absolute atomic E-state index is 12.9. The molecule has 0 radical (unpaired) electrons. The van der Waals surface area contributed by atoms with Gasteiger partial charge in [-0.3, -0.25) is 9.59 Å². The van der Waals surface area contributed by atoms with Gasteiger partial charge in [0, 0.05) is 16.1 Å². The van der Waals surface area contributed by atoms with Crippen LogP contribution in [-0.2, 0) is 4.79 Å². The fourth-order valence-corrected chi connectivity index (χ4v) is 3.40.